The van der Waals surface area contributed by atoms with E-state index in [4.69, 9.17) is 4.74 Å². The highest BCUT2D eigenvalue weighted by Gasteiger charge is 2.33. The molecule has 0 spiro atoms. The van der Waals surface area contributed by atoms with E-state index in [0.717, 1.165) is 48.9 Å². The lowest BCUT2D eigenvalue weighted by molar-refractivity contribution is 0.0274. The normalized spacial score (nSPS) is 20.4. The Kier molecular flexibility index (Phi) is 4.29. The molecule has 0 bridgehead atoms. The summed E-state index contributed by atoms with van der Waals surface area (Å²) in [5.74, 6) is 1.72. The second-order valence-electron chi connectivity index (χ2n) is 6.63. The van der Waals surface area contributed by atoms with Crippen LogP contribution in [0.4, 0.5) is 0 Å². The maximum absolute atomic E-state index is 12.6. The van der Waals surface area contributed by atoms with Gasteiger partial charge in [0.25, 0.3) is 5.91 Å². The van der Waals surface area contributed by atoms with Gasteiger partial charge in [0.1, 0.15) is 0 Å². The van der Waals surface area contributed by atoms with Crippen molar-refractivity contribution in [2.24, 2.45) is 11.8 Å². The largest absolute Gasteiger partial charge is 0.381 e. The first-order valence-electron chi connectivity index (χ1n) is 8.08. The molecule has 21 heavy (non-hydrogen) atoms. The molecule has 3 rings (SSSR count). The third kappa shape index (κ3) is 3.13. The van der Waals surface area contributed by atoms with Gasteiger partial charge in [-0.05, 0) is 56.1 Å². The Hall–Kier alpha value is -1.35. The molecule has 1 aromatic carbocycles. The van der Waals surface area contributed by atoms with E-state index in [2.05, 4.69) is 0 Å². The van der Waals surface area contributed by atoms with Crippen LogP contribution in [0, 0.1) is 25.7 Å². The molecule has 2 fully saturated rings. The topological polar surface area (TPSA) is 29.5 Å². The van der Waals surface area contributed by atoms with E-state index >= 15 is 0 Å². The van der Waals surface area contributed by atoms with Crippen molar-refractivity contribution in [1.29, 1.82) is 0 Å². The first kappa shape index (κ1) is 14.6. The van der Waals surface area contributed by atoms with Gasteiger partial charge in [0.15, 0.2) is 0 Å². The van der Waals surface area contributed by atoms with Crippen molar-refractivity contribution in [3.8, 4) is 0 Å². The summed E-state index contributed by atoms with van der Waals surface area (Å²) in [4.78, 5) is 14.6. The highest BCUT2D eigenvalue weighted by molar-refractivity contribution is 5.97. The van der Waals surface area contributed by atoms with E-state index in [-0.39, 0.29) is 5.91 Å². The zero-order chi connectivity index (χ0) is 14.8. The Labute approximate surface area is 127 Å². The molecule has 0 N–H and O–H groups in total. The summed E-state index contributed by atoms with van der Waals surface area (Å²) in [6.07, 6.45) is 3.66. The van der Waals surface area contributed by atoms with Crippen LogP contribution in [-0.2, 0) is 4.74 Å². The Bertz CT molecular complexity index is 494. The van der Waals surface area contributed by atoms with Gasteiger partial charge in [0, 0.05) is 31.9 Å². The van der Waals surface area contributed by atoms with Crippen LogP contribution in [0.25, 0.3) is 0 Å². The van der Waals surface area contributed by atoms with Crippen molar-refractivity contribution in [3.63, 3.8) is 0 Å². The summed E-state index contributed by atoms with van der Waals surface area (Å²) in [6.45, 7) is 7.76. The second-order valence-corrected chi connectivity index (χ2v) is 6.63. The van der Waals surface area contributed by atoms with E-state index < -0.39 is 0 Å². The Morgan fingerprint density at radius 2 is 1.76 bits per heavy atom. The van der Waals surface area contributed by atoms with Crippen molar-refractivity contribution in [2.45, 2.75) is 33.1 Å². The fraction of sp³-hybridized carbons (Fsp3) is 0.611. The van der Waals surface area contributed by atoms with Gasteiger partial charge in [-0.3, -0.25) is 4.79 Å². The number of amides is 1. The number of hydrogen-bond acceptors (Lipinski definition) is 2. The van der Waals surface area contributed by atoms with Gasteiger partial charge in [-0.2, -0.15) is 0 Å². The lowest BCUT2D eigenvalue weighted by Crippen LogP contribution is -2.51. The number of likely N-dealkylation sites (tertiary alicyclic amines) is 1. The van der Waals surface area contributed by atoms with Crippen LogP contribution in [0.2, 0.25) is 0 Å². The van der Waals surface area contributed by atoms with Crippen LogP contribution in [-0.4, -0.2) is 37.1 Å². The standard InChI is InChI=1S/C18H25NO2/c1-13-4-3-5-14(2)17(13)18(20)19-11-16(12-19)10-15-6-8-21-9-7-15/h3-5,15-16H,6-12H2,1-2H3. The summed E-state index contributed by atoms with van der Waals surface area (Å²) in [7, 11) is 0. The monoisotopic (exact) mass is 287 g/mol. The lowest BCUT2D eigenvalue weighted by Gasteiger charge is -2.41. The second kappa shape index (κ2) is 6.18. The van der Waals surface area contributed by atoms with Crippen LogP contribution in [0.1, 0.15) is 40.7 Å². The molecule has 2 aliphatic rings. The minimum Gasteiger partial charge on any atom is -0.381 e. The molecule has 0 radical (unpaired) electrons. The van der Waals surface area contributed by atoms with Crippen molar-refractivity contribution < 1.29 is 9.53 Å². The van der Waals surface area contributed by atoms with Crippen molar-refractivity contribution >= 4 is 5.91 Å². The maximum atomic E-state index is 12.6. The fourth-order valence-electron chi connectivity index (χ4n) is 3.65. The summed E-state index contributed by atoms with van der Waals surface area (Å²) in [5, 5.41) is 0. The highest BCUT2D eigenvalue weighted by atomic mass is 16.5. The van der Waals surface area contributed by atoms with Gasteiger partial charge >= 0.3 is 0 Å². The molecule has 114 valence electrons. The van der Waals surface area contributed by atoms with E-state index in [9.17, 15) is 4.79 Å². The minimum absolute atomic E-state index is 0.217. The van der Waals surface area contributed by atoms with Gasteiger partial charge < -0.3 is 9.64 Å². The first-order chi connectivity index (χ1) is 10.1. The SMILES string of the molecule is Cc1cccc(C)c1C(=O)N1CC(CC2CCOCC2)C1. The van der Waals surface area contributed by atoms with Gasteiger partial charge in [0.05, 0.1) is 0 Å². The number of ether oxygens (including phenoxy) is 1. The number of carbonyl (C=O) groups excluding carboxylic acids is 1. The molecular weight excluding hydrogens is 262 g/mol. The average molecular weight is 287 g/mol. The van der Waals surface area contributed by atoms with E-state index in [1.54, 1.807) is 0 Å². The Morgan fingerprint density at radius 1 is 1.14 bits per heavy atom. The summed E-state index contributed by atoms with van der Waals surface area (Å²) < 4.78 is 5.41. The summed E-state index contributed by atoms with van der Waals surface area (Å²) in [6, 6.07) is 6.07. The number of carbonyl (C=O) groups is 1. The van der Waals surface area contributed by atoms with Gasteiger partial charge in [0.2, 0.25) is 0 Å². The molecule has 0 aliphatic carbocycles. The summed E-state index contributed by atoms with van der Waals surface area (Å²) >= 11 is 0. The van der Waals surface area contributed by atoms with Gasteiger partial charge in [-0.15, -0.1) is 0 Å². The zero-order valence-electron chi connectivity index (χ0n) is 13.1. The van der Waals surface area contributed by atoms with Crippen molar-refractivity contribution in [3.05, 3.63) is 34.9 Å². The Morgan fingerprint density at radius 3 is 2.38 bits per heavy atom. The Balaban J connectivity index is 1.55. The molecule has 1 aromatic rings. The minimum atomic E-state index is 0.217. The fourth-order valence-corrected chi connectivity index (χ4v) is 3.65. The van der Waals surface area contributed by atoms with E-state index in [1.807, 2.05) is 36.9 Å². The van der Waals surface area contributed by atoms with E-state index in [0.29, 0.717) is 5.92 Å². The molecule has 3 heteroatoms. The average Bonchev–Trinajstić information content (AvgIpc) is 2.43. The number of rotatable bonds is 3. The molecule has 0 saturated carbocycles. The molecule has 0 atom stereocenters. The number of aryl methyl sites for hydroxylation is 2. The summed E-state index contributed by atoms with van der Waals surface area (Å²) in [5.41, 5.74) is 3.09. The number of benzene rings is 1. The molecule has 2 heterocycles. The molecule has 3 nitrogen and oxygen atoms in total. The lowest BCUT2D eigenvalue weighted by atomic mass is 9.84. The quantitative estimate of drug-likeness (QED) is 0.854. The van der Waals surface area contributed by atoms with E-state index in [1.165, 1.54) is 19.3 Å². The molecular formula is C18H25NO2. The molecule has 2 saturated heterocycles. The molecule has 0 aromatic heterocycles. The van der Waals surface area contributed by atoms with Gasteiger partial charge in [-0.25, -0.2) is 0 Å². The predicted molar refractivity (Wildman–Crippen MR) is 83.5 cm³/mol. The molecule has 0 unspecified atom stereocenters. The van der Waals surface area contributed by atoms with Crippen LogP contribution in [0.5, 0.6) is 0 Å². The van der Waals surface area contributed by atoms with Crippen LogP contribution >= 0.6 is 0 Å². The number of hydrogen-bond donors (Lipinski definition) is 0. The predicted octanol–water partition coefficient (Wildman–Crippen LogP) is 3.19. The van der Waals surface area contributed by atoms with Crippen molar-refractivity contribution in [2.75, 3.05) is 26.3 Å². The third-order valence-corrected chi connectivity index (χ3v) is 4.95. The van der Waals surface area contributed by atoms with Crippen LogP contribution < -0.4 is 0 Å². The first-order valence-corrected chi connectivity index (χ1v) is 8.08. The van der Waals surface area contributed by atoms with Crippen molar-refractivity contribution in [1.82, 2.24) is 4.90 Å². The smallest absolute Gasteiger partial charge is 0.254 e. The third-order valence-electron chi connectivity index (χ3n) is 4.95. The molecule has 1 amide bonds. The molecule has 2 aliphatic heterocycles. The van der Waals surface area contributed by atoms with Gasteiger partial charge in [-0.1, -0.05) is 18.2 Å². The van der Waals surface area contributed by atoms with Crippen LogP contribution in [0.3, 0.4) is 0 Å². The number of nitrogens with zero attached hydrogens (tertiary/aromatic N) is 1. The zero-order valence-corrected chi connectivity index (χ0v) is 13.1. The van der Waals surface area contributed by atoms with Crippen LogP contribution in [0.15, 0.2) is 18.2 Å². The highest BCUT2D eigenvalue weighted by Crippen LogP contribution is 2.30. The maximum Gasteiger partial charge on any atom is 0.254 e.